The lowest BCUT2D eigenvalue weighted by molar-refractivity contribution is -0.137. The number of amides is 2. The van der Waals surface area contributed by atoms with Gasteiger partial charge >= 0.3 is 6.09 Å². The molecule has 2 aliphatic rings. The average Bonchev–Trinajstić information content (AvgIpc) is 3.28. The van der Waals surface area contributed by atoms with Gasteiger partial charge in [-0.05, 0) is 36.1 Å². The average molecular weight is 440 g/mol. The second-order valence-corrected chi connectivity index (χ2v) is 9.28. The maximum Gasteiger partial charge on any atom is 0.412 e. The Balaban J connectivity index is 1.53. The third-order valence-electron chi connectivity index (χ3n) is 6.16. The third-order valence-corrected chi connectivity index (χ3v) is 7.49. The zero-order valence-electron chi connectivity index (χ0n) is 17.9. The first-order chi connectivity index (χ1) is 15.1. The summed E-state index contributed by atoms with van der Waals surface area (Å²) in [5.41, 5.74) is 1.87. The van der Waals surface area contributed by atoms with E-state index in [1.165, 1.54) is 6.42 Å². The van der Waals surface area contributed by atoms with Crippen molar-refractivity contribution >= 4 is 23.8 Å². The van der Waals surface area contributed by atoms with E-state index in [9.17, 15) is 9.59 Å². The highest BCUT2D eigenvalue weighted by molar-refractivity contribution is 7.99. The van der Waals surface area contributed by atoms with Gasteiger partial charge in [-0.1, -0.05) is 49.6 Å². The summed E-state index contributed by atoms with van der Waals surface area (Å²) < 4.78 is 5.66. The monoisotopic (exact) mass is 439 g/mol. The van der Waals surface area contributed by atoms with Crippen LogP contribution in [0.5, 0.6) is 0 Å². The molecule has 31 heavy (non-hydrogen) atoms. The Bertz CT molecular complexity index is 874. The van der Waals surface area contributed by atoms with E-state index in [1.54, 1.807) is 29.1 Å². The molecule has 1 aliphatic carbocycles. The van der Waals surface area contributed by atoms with Crippen molar-refractivity contribution in [2.24, 2.45) is 0 Å². The van der Waals surface area contributed by atoms with Crippen molar-refractivity contribution in [3.63, 3.8) is 0 Å². The molecular weight excluding hydrogens is 410 g/mol. The highest BCUT2D eigenvalue weighted by atomic mass is 32.2. The zero-order chi connectivity index (χ0) is 21.6. The second kappa shape index (κ2) is 10.2. The van der Waals surface area contributed by atoms with E-state index >= 15 is 0 Å². The topological polar surface area (TPSA) is 62.7 Å². The predicted octanol–water partition coefficient (Wildman–Crippen LogP) is 4.63. The Labute approximate surface area is 188 Å². The van der Waals surface area contributed by atoms with Gasteiger partial charge in [-0.15, -0.1) is 11.8 Å². The summed E-state index contributed by atoms with van der Waals surface area (Å²) in [5, 5.41) is -0.264. The summed E-state index contributed by atoms with van der Waals surface area (Å²) in [7, 11) is 1.89. The standard InChI is InChI=1S/C24H29N3O3S/c1-26(20-10-6-3-7-11-20)22(28)21-17-31-23(19-12-14-25-15-13-19)27(21)24(29)30-16-18-8-4-2-5-9-18/h2,4-5,8-9,12-15,20-21,23H,3,6-7,10-11,16-17H2,1H3. The van der Waals surface area contributed by atoms with Crippen LogP contribution < -0.4 is 0 Å². The Morgan fingerprint density at radius 2 is 1.81 bits per heavy atom. The van der Waals surface area contributed by atoms with Crippen molar-refractivity contribution in [1.29, 1.82) is 0 Å². The molecule has 1 aromatic carbocycles. The van der Waals surface area contributed by atoms with Gasteiger partial charge in [0.15, 0.2) is 0 Å². The molecule has 1 aromatic heterocycles. The van der Waals surface area contributed by atoms with E-state index < -0.39 is 12.1 Å². The molecular formula is C24H29N3O3S. The van der Waals surface area contributed by atoms with Gasteiger partial charge in [0.1, 0.15) is 18.0 Å². The van der Waals surface area contributed by atoms with Gasteiger partial charge in [-0.3, -0.25) is 14.7 Å². The van der Waals surface area contributed by atoms with Crippen LogP contribution in [0.2, 0.25) is 0 Å². The van der Waals surface area contributed by atoms with Crippen LogP contribution in [-0.4, -0.2) is 51.7 Å². The number of hydrogen-bond donors (Lipinski definition) is 0. The summed E-state index contributed by atoms with van der Waals surface area (Å²) in [5.74, 6) is 0.566. The van der Waals surface area contributed by atoms with Crippen molar-refractivity contribution in [1.82, 2.24) is 14.8 Å². The Morgan fingerprint density at radius 3 is 2.52 bits per heavy atom. The summed E-state index contributed by atoms with van der Waals surface area (Å²) in [4.78, 5) is 34.3. The molecule has 0 spiro atoms. The molecule has 2 amide bonds. The molecule has 2 aromatic rings. The molecule has 2 unspecified atom stereocenters. The Morgan fingerprint density at radius 1 is 1.10 bits per heavy atom. The van der Waals surface area contributed by atoms with Crippen LogP contribution in [0.15, 0.2) is 54.9 Å². The first kappa shape index (κ1) is 21.7. The summed E-state index contributed by atoms with van der Waals surface area (Å²) >= 11 is 1.60. The summed E-state index contributed by atoms with van der Waals surface area (Å²) in [6.45, 7) is 0.184. The molecule has 7 heteroatoms. The molecule has 0 bridgehead atoms. The fourth-order valence-corrected chi connectivity index (χ4v) is 5.79. The highest BCUT2D eigenvalue weighted by Crippen LogP contribution is 2.42. The first-order valence-electron chi connectivity index (χ1n) is 10.9. The van der Waals surface area contributed by atoms with Gasteiger partial charge in [0.25, 0.3) is 0 Å². The molecule has 0 radical (unpaired) electrons. The minimum atomic E-state index is -0.529. The van der Waals surface area contributed by atoms with Crippen LogP contribution >= 0.6 is 11.8 Å². The number of thioether (sulfide) groups is 1. The van der Waals surface area contributed by atoms with E-state index in [4.69, 9.17) is 4.74 Å². The molecule has 2 atom stereocenters. The minimum absolute atomic E-state index is 0.00705. The molecule has 1 saturated carbocycles. The quantitative estimate of drug-likeness (QED) is 0.680. The number of benzene rings is 1. The number of ether oxygens (including phenoxy) is 1. The fourth-order valence-electron chi connectivity index (χ4n) is 4.38. The molecule has 6 nitrogen and oxygen atoms in total. The molecule has 164 valence electrons. The SMILES string of the molecule is CN(C(=O)C1CSC(c2ccncc2)N1C(=O)OCc1ccccc1)C1CCCCC1. The van der Waals surface area contributed by atoms with Gasteiger partial charge in [-0.25, -0.2) is 4.79 Å². The highest BCUT2D eigenvalue weighted by Gasteiger charge is 2.45. The molecule has 4 rings (SSSR count). The molecule has 1 aliphatic heterocycles. The Hall–Kier alpha value is -2.54. The van der Waals surface area contributed by atoms with Crippen LogP contribution in [0.1, 0.15) is 48.6 Å². The number of nitrogens with zero attached hydrogens (tertiary/aromatic N) is 3. The number of carbonyl (C=O) groups excluding carboxylic acids is 2. The number of pyridine rings is 1. The third kappa shape index (κ3) is 5.03. The first-order valence-corrected chi connectivity index (χ1v) is 12.0. The van der Waals surface area contributed by atoms with Crippen molar-refractivity contribution < 1.29 is 14.3 Å². The van der Waals surface area contributed by atoms with Crippen molar-refractivity contribution in [2.45, 2.75) is 56.2 Å². The maximum absolute atomic E-state index is 13.5. The van der Waals surface area contributed by atoms with Crippen molar-refractivity contribution in [3.05, 3.63) is 66.0 Å². The molecule has 1 saturated heterocycles. The van der Waals surface area contributed by atoms with Crippen LogP contribution in [0.3, 0.4) is 0 Å². The molecule has 2 heterocycles. The normalized spacial score (nSPS) is 21.6. The van der Waals surface area contributed by atoms with E-state index in [0.29, 0.717) is 5.75 Å². The lowest BCUT2D eigenvalue weighted by Crippen LogP contribution is -2.51. The van der Waals surface area contributed by atoms with Crippen LogP contribution in [-0.2, 0) is 16.1 Å². The van der Waals surface area contributed by atoms with Gasteiger partial charge in [-0.2, -0.15) is 0 Å². The predicted molar refractivity (Wildman–Crippen MR) is 121 cm³/mol. The van der Waals surface area contributed by atoms with Crippen LogP contribution in [0.4, 0.5) is 4.79 Å². The van der Waals surface area contributed by atoms with E-state index in [1.807, 2.05) is 54.4 Å². The van der Waals surface area contributed by atoms with E-state index in [0.717, 1.165) is 36.8 Å². The Kier molecular flexibility index (Phi) is 7.12. The van der Waals surface area contributed by atoms with Crippen molar-refractivity contribution in [2.75, 3.05) is 12.8 Å². The van der Waals surface area contributed by atoms with Gasteiger partial charge in [0.2, 0.25) is 5.91 Å². The zero-order valence-corrected chi connectivity index (χ0v) is 18.7. The largest absolute Gasteiger partial charge is 0.444 e. The molecule has 0 N–H and O–H groups in total. The second-order valence-electron chi connectivity index (χ2n) is 8.17. The summed E-state index contributed by atoms with van der Waals surface area (Å²) in [6.07, 6.45) is 8.60. The lowest BCUT2D eigenvalue weighted by Gasteiger charge is -2.35. The fraction of sp³-hybridized carbons (Fsp3) is 0.458. The number of aromatic nitrogens is 1. The minimum Gasteiger partial charge on any atom is -0.444 e. The number of rotatable bonds is 5. The lowest BCUT2D eigenvalue weighted by atomic mass is 9.94. The maximum atomic E-state index is 13.5. The number of carbonyl (C=O) groups is 2. The van der Waals surface area contributed by atoms with Gasteiger partial charge < -0.3 is 9.64 Å². The van der Waals surface area contributed by atoms with Gasteiger partial charge in [0, 0.05) is 31.2 Å². The van der Waals surface area contributed by atoms with Crippen molar-refractivity contribution in [3.8, 4) is 0 Å². The van der Waals surface area contributed by atoms with E-state index in [2.05, 4.69) is 4.98 Å². The smallest absolute Gasteiger partial charge is 0.412 e. The van der Waals surface area contributed by atoms with Gasteiger partial charge in [0.05, 0.1) is 0 Å². The van der Waals surface area contributed by atoms with Crippen LogP contribution in [0.25, 0.3) is 0 Å². The van der Waals surface area contributed by atoms with Crippen LogP contribution in [0, 0.1) is 0 Å². The number of likely N-dealkylation sites (N-methyl/N-ethyl adjacent to an activating group) is 1. The molecule has 2 fully saturated rings. The summed E-state index contributed by atoms with van der Waals surface area (Å²) in [6, 6.07) is 13.1. The van der Waals surface area contributed by atoms with E-state index in [-0.39, 0.29) is 23.9 Å². The number of hydrogen-bond acceptors (Lipinski definition) is 5.